The van der Waals surface area contributed by atoms with Gasteiger partial charge in [-0.05, 0) is 43.1 Å². The average molecular weight is 261 g/mol. The molecule has 1 unspecified atom stereocenters. The lowest BCUT2D eigenvalue weighted by molar-refractivity contribution is 0.575. The zero-order chi connectivity index (χ0) is 13.8. The molecule has 4 heteroatoms. The van der Waals surface area contributed by atoms with E-state index in [1.807, 2.05) is 30.8 Å². The molecule has 0 aliphatic rings. The van der Waals surface area contributed by atoms with E-state index in [-0.39, 0.29) is 11.9 Å². The fraction of sp³-hybridized carbons (Fsp3) is 0.400. The molecule has 1 N–H and O–H groups in total. The zero-order valence-corrected chi connectivity index (χ0v) is 11.7. The number of rotatable bonds is 5. The normalized spacial score (nSPS) is 12.6. The number of aromatic nitrogens is 2. The highest BCUT2D eigenvalue weighted by atomic mass is 19.1. The van der Waals surface area contributed by atoms with Gasteiger partial charge in [0.2, 0.25) is 0 Å². The van der Waals surface area contributed by atoms with Gasteiger partial charge < -0.3 is 9.88 Å². The second kappa shape index (κ2) is 5.97. The van der Waals surface area contributed by atoms with Gasteiger partial charge in [0.05, 0.1) is 18.1 Å². The summed E-state index contributed by atoms with van der Waals surface area (Å²) in [6, 6.07) is 4.84. The van der Waals surface area contributed by atoms with Gasteiger partial charge >= 0.3 is 0 Å². The van der Waals surface area contributed by atoms with E-state index in [0.717, 1.165) is 29.8 Å². The van der Waals surface area contributed by atoms with E-state index in [1.54, 1.807) is 12.4 Å². The minimum Gasteiger partial charge on any atom is -0.340 e. The minimum atomic E-state index is -0.208. The summed E-state index contributed by atoms with van der Waals surface area (Å²) in [5.41, 5.74) is 2.94. The van der Waals surface area contributed by atoms with Crippen LogP contribution in [0, 0.1) is 12.7 Å². The molecule has 1 aromatic heterocycles. The maximum absolute atomic E-state index is 13.5. The van der Waals surface area contributed by atoms with Gasteiger partial charge in [-0.15, -0.1) is 0 Å². The van der Waals surface area contributed by atoms with Crippen LogP contribution in [-0.4, -0.2) is 16.1 Å². The van der Waals surface area contributed by atoms with Crippen LogP contribution >= 0.6 is 0 Å². The van der Waals surface area contributed by atoms with Crippen molar-refractivity contribution >= 4 is 0 Å². The van der Waals surface area contributed by atoms with Crippen molar-refractivity contribution in [1.29, 1.82) is 0 Å². The SMILES string of the molecule is CCCNC(c1cn(C)cn1)c1cc(F)ccc1C. The quantitative estimate of drug-likeness (QED) is 0.896. The first-order valence-corrected chi connectivity index (χ1v) is 6.59. The molecule has 0 fully saturated rings. The van der Waals surface area contributed by atoms with Crippen LogP contribution in [0.1, 0.15) is 36.2 Å². The summed E-state index contributed by atoms with van der Waals surface area (Å²) in [6.45, 7) is 4.98. The third-order valence-electron chi connectivity index (χ3n) is 3.17. The van der Waals surface area contributed by atoms with E-state index in [2.05, 4.69) is 17.2 Å². The topological polar surface area (TPSA) is 29.9 Å². The third kappa shape index (κ3) is 3.20. The Morgan fingerprint density at radius 3 is 2.84 bits per heavy atom. The summed E-state index contributed by atoms with van der Waals surface area (Å²) in [5, 5.41) is 3.44. The number of hydrogen-bond acceptors (Lipinski definition) is 2. The van der Waals surface area contributed by atoms with E-state index >= 15 is 0 Å². The molecule has 0 saturated carbocycles. The van der Waals surface area contributed by atoms with E-state index in [1.165, 1.54) is 6.07 Å². The first kappa shape index (κ1) is 13.7. The number of imidazole rings is 1. The van der Waals surface area contributed by atoms with Crippen molar-refractivity contribution in [2.45, 2.75) is 26.3 Å². The summed E-state index contributed by atoms with van der Waals surface area (Å²) >= 11 is 0. The van der Waals surface area contributed by atoms with Crippen molar-refractivity contribution in [3.05, 3.63) is 53.4 Å². The summed E-state index contributed by atoms with van der Waals surface area (Å²) in [4.78, 5) is 4.39. The second-order valence-corrected chi connectivity index (χ2v) is 4.85. The van der Waals surface area contributed by atoms with Crippen LogP contribution in [0.25, 0.3) is 0 Å². The van der Waals surface area contributed by atoms with E-state index < -0.39 is 0 Å². The largest absolute Gasteiger partial charge is 0.340 e. The van der Waals surface area contributed by atoms with Crippen molar-refractivity contribution < 1.29 is 4.39 Å². The molecule has 1 heterocycles. The average Bonchev–Trinajstić information content (AvgIpc) is 2.80. The molecule has 0 radical (unpaired) electrons. The number of halogens is 1. The lowest BCUT2D eigenvalue weighted by Gasteiger charge is -2.19. The van der Waals surface area contributed by atoms with Gasteiger partial charge in [-0.3, -0.25) is 0 Å². The first-order valence-electron chi connectivity index (χ1n) is 6.59. The summed E-state index contributed by atoms with van der Waals surface area (Å²) in [5.74, 6) is -0.208. The molecule has 0 saturated heterocycles. The number of nitrogens with one attached hydrogen (secondary N) is 1. The highest BCUT2D eigenvalue weighted by Gasteiger charge is 2.18. The molecule has 19 heavy (non-hydrogen) atoms. The van der Waals surface area contributed by atoms with Crippen LogP contribution in [0.3, 0.4) is 0 Å². The molecule has 0 aliphatic carbocycles. The summed E-state index contributed by atoms with van der Waals surface area (Å²) in [7, 11) is 1.94. The van der Waals surface area contributed by atoms with Crippen molar-refractivity contribution in [1.82, 2.24) is 14.9 Å². The molecule has 0 aliphatic heterocycles. The lowest BCUT2D eigenvalue weighted by atomic mass is 9.99. The summed E-state index contributed by atoms with van der Waals surface area (Å²) in [6.07, 6.45) is 4.76. The number of benzene rings is 1. The van der Waals surface area contributed by atoms with Crippen molar-refractivity contribution in [3.8, 4) is 0 Å². The third-order valence-corrected chi connectivity index (χ3v) is 3.17. The smallest absolute Gasteiger partial charge is 0.123 e. The second-order valence-electron chi connectivity index (χ2n) is 4.85. The summed E-state index contributed by atoms with van der Waals surface area (Å²) < 4.78 is 15.4. The molecule has 2 rings (SSSR count). The molecule has 1 aromatic carbocycles. The van der Waals surface area contributed by atoms with Gasteiger partial charge in [0.25, 0.3) is 0 Å². The van der Waals surface area contributed by atoms with Crippen LogP contribution in [0.2, 0.25) is 0 Å². The molecule has 0 spiro atoms. The fourth-order valence-corrected chi connectivity index (χ4v) is 2.17. The predicted molar refractivity (Wildman–Crippen MR) is 74.5 cm³/mol. The highest BCUT2D eigenvalue weighted by molar-refractivity contribution is 5.34. The number of aryl methyl sites for hydroxylation is 2. The Kier molecular flexibility index (Phi) is 4.32. The monoisotopic (exact) mass is 261 g/mol. The van der Waals surface area contributed by atoms with E-state index in [9.17, 15) is 4.39 Å². The Balaban J connectivity index is 2.39. The van der Waals surface area contributed by atoms with E-state index in [4.69, 9.17) is 0 Å². The maximum Gasteiger partial charge on any atom is 0.123 e. The molecule has 0 amide bonds. The standard InChI is InChI=1S/C15H20FN3/c1-4-7-17-15(14-9-19(3)10-18-14)13-8-12(16)6-5-11(13)2/h5-6,8-10,15,17H,4,7H2,1-3H3. The van der Waals surface area contributed by atoms with Gasteiger partial charge in [0.15, 0.2) is 0 Å². The van der Waals surface area contributed by atoms with Crippen molar-refractivity contribution in [3.63, 3.8) is 0 Å². The molecule has 3 nitrogen and oxygen atoms in total. The predicted octanol–water partition coefficient (Wildman–Crippen LogP) is 2.96. The van der Waals surface area contributed by atoms with Gasteiger partial charge in [-0.2, -0.15) is 0 Å². The van der Waals surface area contributed by atoms with Gasteiger partial charge in [-0.1, -0.05) is 13.0 Å². The van der Waals surface area contributed by atoms with Crippen LogP contribution in [0.5, 0.6) is 0 Å². The Bertz CT molecular complexity index is 548. The highest BCUT2D eigenvalue weighted by Crippen LogP contribution is 2.24. The Morgan fingerprint density at radius 2 is 2.21 bits per heavy atom. The Hall–Kier alpha value is -1.68. The van der Waals surface area contributed by atoms with Gasteiger partial charge in [0.1, 0.15) is 5.82 Å². The fourth-order valence-electron chi connectivity index (χ4n) is 2.17. The molecular weight excluding hydrogens is 241 g/mol. The van der Waals surface area contributed by atoms with Crippen LogP contribution in [0.15, 0.2) is 30.7 Å². The molecule has 0 bridgehead atoms. The van der Waals surface area contributed by atoms with Gasteiger partial charge in [0, 0.05) is 13.2 Å². The molecule has 2 aromatic rings. The minimum absolute atomic E-state index is 0.0585. The van der Waals surface area contributed by atoms with Crippen molar-refractivity contribution in [2.24, 2.45) is 7.05 Å². The van der Waals surface area contributed by atoms with Crippen molar-refractivity contribution in [2.75, 3.05) is 6.54 Å². The van der Waals surface area contributed by atoms with E-state index in [0.29, 0.717) is 0 Å². The van der Waals surface area contributed by atoms with Crippen LogP contribution in [0.4, 0.5) is 4.39 Å². The Labute approximate surface area is 113 Å². The van der Waals surface area contributed by atoms with Crippen LogP contribution < -0.4 is 5.32 Å². The first-order chi connectivity index (χ1) is 9.11. The lowest BCUT2D eigenvalue weighted by Crippen LogP contribution is -2.24. The Morgan fingerprint density at radius 1 is 1.42 bits per heavy atom. The zero-order valence-electron chi connectivity index (χ0n) is 11.7. The number of hydrogen-bond donors (Lipinski definition) is 1. The van der Waals surface area contributed by atoms with Gasteiger partial charge in [-0.25, -0.2) is 9.37 Å². The molecule has 1 atom stereocenters. The van der Waals surface area contributed by atoms with Crippen LogP contribution in [-0.2, 0) is 7.05 Å². The molecule has 102 valence electrons. The maximum atomic E-state index is 13.5. The molecular formula is C15H20FN3. The number of nitrogens with zero attached hydrogens (tertiary/aromatic N) is 2.